The molecule has 1 aromatic rings. The third-order valence-electron chi connectivity index (χ3n) is 4.90. The number of nitrogens with one attached hydrogen (secondary N) is 3. The highest BCUT2D eigenvalue weighted by molar-refractivity contribution is 4.91. The van der Waals surface area contributed by atoms with Crippen LogP contribution in [0.15, 0.2) is 6.33 Å². The minimum atomic E-state index is 0.717. The average molecular weight is 277 g/mol. The maximum atomic E-state index is 4.17. The number of aryl methyl sites for hydroxylation is 1. The summed E-state index contributed by atoms with van der Waals surface area (Å²) in [7, 11) is 0. The van der Waals surface area contributed by atoms with Crippen LogP contribution in [0.5, 0.6) is 0 Å². The van der Waals surface area contributed by atoms with Crippen molar-refractivity contribution in [1.82, 2.24) is 25.8 Å². The van der Waals surface area contributed by atoms with E-state index in [1.165, 1.54) is 45.1 Å². The van der Waals surface area contributed by atoms with E-state index in [-0.39, 0.29) is 0 Å². The van der Waals surface area contributed by atoms with Gasteiger partial charge in [-0.25, -0.2) is 4.98 Å². The Morgan fingerprint density at radius 3 is 2.95 bits per heavy atom. The molecule has 0 aromatic carbocycles. The van der Waals surface area contributed by atoms with Gasteiger partial charge in [0.2, 0.25) is 0 Å². The van der Waals surface area contributed by atoms with E-state index in [9.17, 15) is 0 Å². The first-order chi connectivity index (χ1) is 9.93. The van der Waals surface area contributed by atoms with E-state index in [4.69, 9.17) is 0 Å². The molecule has 3 unspecified atom stereocenters. The van der Waals surface area contributed by atoms with E-state index in [1.807, 2.05) is 0 Å². The summed E-state index contributed by atoms with van der Waals surface area (Å²) in [5.41, 5.74) is 0. The molecule has 5 nitrogen and oxygen atoms in total. The SMILES string of the molecule is c1n[nH]c(CCCNC2CCCCC2C2CCCN2)n1. The Balaban J connectivity index is 1.42. The van der Waals surface area contributed by atoms with Crippen molar-refractivity contribution in [2.45, 2.75) is 63.5 Å². The predicted molar refractivity (Wildman–Crippen MR) is 79.5 cm³/mol. The predicted octanol–water partition coefficient (Wildman–Crippen LogP) is 1.64. The standard InChI is InChI=1S/C15H27N5/c1-2-6-13(12(5-1)14-7-3-9-16-14)17-10-4-8-15-18-11-19-20-15/h11-14,16-17H,1-10H2,(H,18,19,20). The van der Waals surface area contributed by atoms with Crippen LogP contribution in [-0.4, -0.2) is 40.4 Å². The summed E-state index contributed by atoms with van der Waals surface area (Å²) in [6.45, 7) is 2.31. The molecule has 1 aliphatic heterocycles. The molecule has 0 radical (unpaired) electrons. The normalized spacial score (nSPS) is 30.7. The fraction of sp³-hybridized carbons (Fsp3) is 0.867. The fourth-order valence-corrected chi connectivity index (χ4v) is 3.87. The Kier molecular flexibility index (Phi) is 5.03. The van der Waals surface area contributed by atoms with Gasteiger partial charge in [0.25, 0.3) is 0 Å². The molecule has 1 saturated heterocycles. The third kappa shape index (κ3) is 3.58. The molecule has 20 heavy (non-hydrogen) atoms. The number of aromatic amines is 1. The maximum Gasteiger partial charge on any atom is 0.137 e. The van der Waals surface area contributed by atoms with Gasteiger partial charge in [-0.15, -0.1) is 0 Å². The molecular weight excluding hydrogens is 250 g/mol. The lowest BCUT2D eigenvalue weighted by atomic mass is 9.79. The molecular formula is C15H27N5. The van der Waals surface area contributed by atoms with Crippen molar-refractivity contribution in [3.8, 4) is 0 Å². The second-order valence-electron chi connectivity index (χ2n) is 6.25. The molecule has 0 amide bonds. The van der Waals surface area contributed by atoms with Crippen LogP contribution < -0.4 is 10.6 Å². The van der Waals surface area contributed by atoms with Gasteiger partial charge in [0.1, 0.15) is 12.2 Å². The number of nitrogens with zero attached hydrogens (tertiary/aromatic N) is 2. The Morgan fingerprint density at radius 2 is 2.15 bits per heavy atom. The zero-order chi connectivity index (χ0) is 13.6. The largest absolute Gasteiger partial charge is 0.314 e. The number of H-pyrrole nitrogens is 1. The number of rotatable bonds is 6. The first-order valence-electron chi connectivity index (χ1n) is 8.24. The van der Waals surface area contributed by atoms with Gasteiger partial charge in [-0.1, -0.05) is 12.8 Å². The quantitative estimate of drug-likeness (QED) is 0.692. The highest BCUT2D eigenvalue weighted by Gasteiger charge is 2.32. The maximum absolute atomic E-state index is 4.17. The zero-order valence-electron chi connectivity index (χ0n) is 12.3. The zero-order valence-corrected chi connectivity index (χ0v) is 12.3. The number of hydrogen-bond acceptors (Lipinski definition) is 4. The molecule has 3 atom stereocenters. The molecule has 1 aromatic heterocycles. The summed E-state index contributed by atoms with van der Waals surface area (Å²) in [5.74, 6) is 1.85. The molecule has 2 fully saturated rings. The molecule has 1 aliphatic carbocycles. The molecule has 3 N–H and O–H groups in total. The van der Waals surface area contributed by atoms with Gasteiger partial charge in [-0.3, -0.25) is 5.10 Å². The van der Waals surface area contributed by atoms with Gasteiger partial charge in [-0.05, 0) is 51.1 Å². The van der Waals surface area contributed by atoms with Gasteiger partial charge in [0.15, 0.2) is 0 Å². The Bertz CT molecular complexity index is 372. The van der Waals surface area contributed by atoms with Gasteiger partial charge in [-0.2, -0.15) is 5.10 Å². The van der Waals surface area contributed by atoms with Gasteiger partial charge < -0.3 is 10.6 Å². The Morgan fingerprint density at radius 1 is 1.20 bits per heavy atom. The first-order valence-corrected chi connectivity index (χ1v) is 8.24. The van der Waals surface area contributed by atoms with E-state index in [0.717, 1.165) is 37.2 Å². The lowest BCUT2D eigenvalue weighted by Crippen LogP contribution is -2.47. The van der Waals surface area contributed by atoms with Crippen molar-refractivity contribution in [3.05, 3.63) is 12.2 Å². The molecule has 2 heterocycles. The summed E-state index contributed by atoms with van der Waals surface area (Å²) in [6, 6.07) is 1.48. The van der Waals surface area contributed by atoms with Crippen LogP contribution in [0.25, 0.3) is 0 Å². The summed E-state index contributed by atoms with van der Waals surface area (Å²) >= 11 is 0. The lowest BCUT2D eigenvalue weighted by Gasteiger charge is -2.36. The van der Waals surface area contributed by atoms with Crippen molar-refractivity contribution in [2.75, 3.05) is 13.1 Å². The van der Waals surface area contributed by atoms with E-state index in [1.54, 1.807) is 6.33 Å². The Hall–Kier alpha value is -0.940. The van der Waals surface area contributed by atoms with Crippen molar-refractivity contribution < 1.29 is 0 Å². The average Bonchev–Trinajstić information content (AvgIpc) is 3.17. The topological polar surface area (TPSA) is 65.6 Å². The monoisotopic (exact) mass is 277 g/mol. The van der Waals surface area contributed by atoms with Crippen molar-refractivity contribution in [2.24, 2.45) is 5.92 Å². The lowest BCUT2D eigenvalue weighted by molar-refractivity contribution is 0.215. The summed E-state index contributed by atoms with van der Waals surface area (Å²) in [5, 5.41) is 14.3. The summed E-state index contributed by atoms with van der Waals surface area (Å²) in [4.78, 5) is 4.17. The molecule has 3 rings (SSSR count). The highest BCUT2D eigenvalue weighted by atomic mass is 15.2. The minimum Gasteiger partial charge on any atom is -0.314 e. The van der Waals surface area contributed by atoms with Crippen LogP contribution in [0, 0.1) is 5.92 Å². The van der Waals surface area contributed by atoms with E-state index < -0.39 is 0 Å². The van der Waals surface area contributed by atoms with Crippen LogP contribution in [0.2, 0.25) is 0 Å². The van der Waals surface area contributed by atoms with Gasteiger partial charge >= 0.3 is 0 Å². The van der Waals surface area contributed by atoms with Crippen LogP contribution >= 0.6 is 0 Å². The minimum absolute atomic E-state index is 0.717. The van der Waals surface area contributed by atoms with Crippen molar-refractivity contribution in [3.63, 3.8) is 0 Å². The second-order valence-corrected chi connectivity index (χ2v) is 6.25. The fourth-order valence-electron chi connectivity index (χ4n) is 3.87. The van der Waals surface area contributed by atoms with E-state index in [0.29, 0.717) is 6.04 Å². The smallest absolute Gasteiger partial charge is 0.137 e. The summed E-state index contributed by atoms with van der Waals surface area (Å²) in [6.07, 6.45) is 12.0. The van der Waals surface area contributed by atoms with Crippen LogP contribution in [0.3, 0.4) is 0 Å². The Labute approximate surface area is 121 Å². The van der Waals surface area contributed by atoms with Gasteiger partial charge in [0.05, 0.1) is 0 Å². The van der Waals surface area contributed by atoms with Crippen LogP contribution in [0.1, 0.15) is 50.8 Å². The molecule has 2 aliphatic rings. The molecule has 112 valence electrons. The molecule has 5 heteroatoms. The van der Waals surface area contributed by atoms with Crippen LogP contribution in [-0.2, 0) is 6.42 Å². The van der Waals surface area contributed by atoms with Crippen molar-refractivity contribution >= 4 is 0 Å². The second kappa shape index (κ2) is 7.18. The third-order valence-corrected chi connectivity index (χ3v) is 4.90. The summed E-state index contributed by atoms with van der Waals surface area (Å²) < 4.78 is 0. The van der Waals surface area contributed by atoms with E-state index in [2.05, 4.69) is 25.8 Å². The number of aromatic nitrogens is 3. The van der Waals surface area contributed by atoms with Crippen LogP contribution in [0.4, 0.5) is 0 Å². The molecule has 1 saturated carbocycles. The van der Waals surface area contributed by atoms with E-state index >= 15 is 0 Å². The molecule has 0 spiro atoms. The first kappa shape index (κ1) is 14.0. The number of hydrogen-bond donors (Lipinski definition) is 3. The molecule has 0 bridgehead atoms. The van der Waals surface area contributed by atoms with Gasteiger partial charge in [0, 0.05) is 18.5 Å². The van der Waals surface area contributed by atoms with Crippen molar-refractivity contribution in [1.29, 1.82) is 0 Å². The highest BCUT2D eigenvalue weighted by Crippen LogP contribution is 2.30.